The minimum absolute atomic E-state index is 0.0647. The molecule has 3 N–H and O–H groups in total. The maximum Gasteiger partial charge on any atom is 0.257 e. The standard InChI is InChI=1S/C17H19N3OS/c18-13-6-7-14-15(9-13)22-17(19-14)20-16(21)12-5-4-10-2-1-3-11(10)8-12/h4-5,8,13H,1-3,6-7,9,18H2,(H,19,20,21)/t13-/m0/s1. The van der Waals surface area contributed by atoms with Gasteiger partial charge in [-0.1, -0.05) is 6.07 Å². The topological polar surface area (TPSA) is 68.0 Å². The van der Waals surface area contributed by atoms with E-state index >= 15 is 0 Å². The van der Waals surface area contributed by atoms with Crippen LogP contribution in [0.2, 0.25) is 0 Å². The summed E-state index contributed by atoms with van der Waals surface area (Å²) in [5.41, 5.74) is 10.5. The van der Waals surface area contributed by atoms with E-state index in [0.717, 1.165) is 43.4 Å². The van der Waals surface area contributed by atoms with Crippen LogP contribution >= 0.6 is 11.3 Å². The van der Waals surface area contributed by atoms with Crippen molar-refractivity contribution in [3.8, 4) is 0 Å². The van der Waals surface area contributed by atoms with E-state index in [2.05, 4.69) is 16.4 Å². The van der Waals surface area contributed by atoms with E-state index in [-0.39, 0.29) is 11.9 Å². The van der Waals surface area contributed by atoms with E-state index < -0.39 is 0 Å². The van der Waals surface area contributed by atoms with Gasteiger partial charge in [-0.3, -0.25) is 10.1 Å². The number of hydrogen-bond donors (Lipinski definition) is 2. The molecule has 1 amide bonds. The Morgan fingerprint density at radius 3 is 3.05 bits per heavy atom. The molecule has 1 heterocycles. The van der Waals surface area contributed by atoms with Crippen molar-refractivity contribution in [2.45, 2.75) is 44.6 Å². The van der Waals surface area contributed by atoms with Gasteiger partial charge in [0, 0.05) is 16.5 Å². The lowest BCUT2D eigenvalue weighted by Crippen LogP contribution is -2.27. The number of benzene rings is 1. The first-order chi connectivity index (χ1) is 10.7. The van der Waals surface area contributed by atoms with Crippen LogP contribution in [-0.2, 0) is 25.7 Å². The number of rotatable bonds is 2. The fraction of sp³-hybridized carbons (Fsp3) is 0.412. The number of aryl methyl sites for hydroxylation is 3. The van der Waals surface area contributed by atoms with Gasteiger partial charge in [0.15, 0.2) is 5.13 Å². The molecule has 0 aliphatic heterocycles. The maximum absolute atomic E-state index is 12.4. The highest BCUT2D eigenvalue weighted by molar-refractivity contribution is 7.15. The van der Waals surface area contributed by atoms with Crippen LogP contribution in [0, 0.1) is 0 Å². The second-order valence-corrected chi connectivity index (χ2v) is 7.27. The number of nitrogens with zero attached hydrogens (tertiary/aromatic N) is 1. The first kappa shape index (κ1) is 13.9. The van der Waals surface area contributed by atoms with Gasteiger partial charge in [-0.05, 0) is 61.8 Å². The zero-order valence-corrected chi connectivity index (χ0v) is 13.2. The summed E-state index contributed by atoms with van der Waals surface area (Å²) in [5.74, 6) is -0.0647. The van der Waals surface area contributed by atoms with Gasteiger partial charge < -0.3 is 5.73 Å². The van der Waals surface area contributed by atoms with Crippen molar-refractivity contribution < 1.29 is 4.79 Å². The molecule has 114 valence electrons. The highest BCUT2D eigenvalue weighted by Gasteiger charge is 2.21. The molecule has 0 spiro atoms. The number of aromatic nitrogens is 1. The van der Waals surface area contributed by atoms with Crippen molar-refractivity contribution in [2.75, 3.05) is 5.32 Å². The van der Waals surface area contributed by atoms with E-state index in [1.165, 1.54) is 22.4 Å². The number of hydrogen-bond acceptors (Lipinski definition) is 4. The fourth-order valence-corrected chi connectivity index (χ4v) is 4.43. The second kappa shape index (κ2) is 5.48. The van der Waals surface area contributed by atoms with Crippen LogP contribution in [0.3, 0.4) is 0 Å². The van der Waals surface area contributed by atoms with Gasteiger partial charge in [0.1, 0.15) is 0 Å². The third-order valence-electron chi connectivity index (χ3n) is 4.56. The third-order valence-corrected chi connectivity index (χ3v) is 5.59. The van der Waals surface area contributed by atoms with Crippen molar-refractivity contribution >= 4 is 22.4 Å². The van der Waals surface area contributed by atoms with Crippen molar-refractivity contribution in [3.63, 3.8) is 0 Å². The molecule has 0 radical (unpaired) electrons. The summed E-state index contributed by atoms with van der Waals surface area (Å²) in [6.45, 7) is 0. The second-order valence-electron chi connectivity index (χ2n) is 6.18. The zero-order chi connectivity index (χ0) is 15.1. The van der Waals surface area contributed by atoms with E-state index in [0.29, 0.717) is 5.13 Å². The van der Waals surface area contributed by atoms with Crippen molar-refractivity contribution in [3.05, 3.63) is 45.5 Å². The Kier molecular flexibility index (Phi) is 3.47. The minimum atomic E-state index is -0.0647. The Labute approximate surface area is 133 Å². The van der Waals surface area contributed by atoms with Crippen LogP contribution < -0.4 is 11.1 Å². The lowest BCUT2D eigenvalue weighted by molar-refractivity contribution is 0.102. The molecule has 0 bridgehead atoms. The first-order valence-electron chi connectivity index (χ1n) is 7.86. The summed E-state index contributed by atoms with van der Waals surface area (Å²) in [6, 6.07) is 6.26. The first-order valence-corrected chi connectivity index (χ1v) is 8.68. The van der Waals surface area contributed by atoms with E-state index in [1.54, 1.807) is 11.3 Å². The molecule has 4 rings (SSSR count). The molecule has 5 heteroatoms. The number of carbonyl (C=O) groups excluding carboxylic acids is 1. The van der Waals surface area contributed by atoms with Crippen LogP contribution in [0.4, 0.5) is 5.13 Å². The molecule has 2 aromatic rings. The quantitative estimate of drug-likeness (QED) is 0.895. The number of nitrogens with one attached hydrogen (secondary N) is 1. The molecular formula is C17H19N3OS. The van der Waals surface area contributed by atoms with Crippen molar-refractivity contribution in [1.29, 1.82) is 0 Å². The normalized spacial score (nSPS) is 19.6. The minimum Gasteiger partial charge on any atom is -0.327 e. The van der Waals surface area contributed by atoms with Crippen LogP contribution in [-0.4, -0.2) is 16.9 Å². The zero-order valence-electron chi connectivity index (χ0n) is 12.4. The Morgan fingerprint density at radius 2 is 2.14 bits per heavy atom. The summed E-state index contributed by atoms with van der Waals surface area (Å²) >= 11 is 1.56. The third kappa shape index (κ3) is 2.55. The Bertz CT molecular complexity index is 738. The number of amides is 1. The average Bonchev–Trinajstić information content (AvgIpc) is 3.11. The van der Waals surface area contributed by atoms with Crippen LogP contribution in [0.5, 0.6) is 0 Å². The summed E-state index contributed by atoms with van der Waals surface area (Å²) in [6.07, 6.45) is 6.19. The molecule has 1 atom stereocenters. The van der Waals surface area contributed by atoms with Gasteiger partial charge in [0.2, 0.25) is 0 Å². The number of fused-ring (bicyclic) bond motifs is 2. The summed E-state index contributed by atoms with van der Waals surface area (Å²) in [5, 5.41) is 3.65. The van der Waals surface area contributed by atoms with Crippen LogP contribution in [0.25, 0.3) is 0 Å². The molecule has 0 saturated heterocycles. The molecule has 4 nitrogen and oxygen atoms in total. The number of carbonyl (C=O) groups is 1. The van der Waals surface area contributed by atoms with Crippen molar-refractivity contribution in [2.24, 2.45) is 5.73 Å². The summed E-state index contributed by atoms with van der Waals surface area (Å²) < 4.78 is 0. The Morgan fingerprint density at radius 1 is 1.27 bits per heavy atom. The van der Waals surface area contributed by atoms with Crippen molar-refractivity contribution in [1.82, 2.24) is 4.98 Å². The molecule has 2 aliphatic rings. The maximum atomic E-state index is 12.4. The van der Waals surface area contributed by atoms with Crippen LogP contribution in [0.15, 0.2) is 18.2 Å². The SMILES string of the molecule is N[C@H]1CCc2nc(NC(=O)c3ccc4c(c3)CCC4)sc2C1. The monoisotopic (exact) mass is 313 g/mol. The summed E-state index contributed by atoms with van der Waals surface area (Å²) in [7, 11) is 0. The molecule has 0 unspecified atom stereocenters. The lowest BCUT2D eigenvalue weighted by atomic mass is 9.99. The highest BCUT2D eigenvalue weighted by atomic mass is 32.1. The number of nitrogens with two attached hydrogens (primary N) is 1. The molecule has 0 saturated carbocycles. The van der Waals surface area contributed by atoms with Gasteiger partial charge in [-0.15, -0.1) is 11.3 Å². The molecular weight excluding hydrogens is 294 g/mol. The van der Waals surface area contributed by atoms with Gasteiger partial charge >= 0.3 is 0 Å². The van der Waals surface area contributed by atoms with E-state index in [4.69, 9.17) is 5.73 Å². The van der Waals surface area contributed by atoms with Gasteiger partial charge in [0.25, 0.3) is 5.91 Å². The predicted octanol–water partition coefficient (Wildman–Crippen LogP) is 2.70. The van der Waals surface area contributed by atoms with Crippen LogP contribution in [0.1, 0.15) is 44.9 Å². The predicted molar refractivity (Wildman–Crippen MR) is 88.5 cm³/mol. The highest BCUT2D eigenvalue weighted by Crippen LogP contribution is 2.30. The molecule has 22 heavy (non-hydrogen) atoms. The van der Waals surface area contributed by atoms with Gasteiger partial charge in [-0.25, -0.2) is 4.98 Å². The van der Waals surface area contributed by atoms with E-state index in [9.17, 15) is 4.79 Å². The number of anilines is 1. The van der Waals surface area contributed by atoms with Gasteiger partial charge in [0.05, 0.1) is 5.69 Å². The molecule has 1 aromatic carbocycles. The molecule has 0 fully saturated rings. The molecule has 1 aromatic heterocycles. The number of thiazole rings is 1. The van der Waals surface area contributed by atoms with E-state index in [1.807, 2.05) is 12.1 Å². The summed E-state index contributed by atoms with van der Waals surface area (Å²) in [4.78, 5) is 18.2. The smallest absolute Gasteiger partial charge is 0.257 e. The molecule has 2 aliphatic carbocycles. The Hall–Kier alpha value is -1.72. The fourth-order valence-electron chi connectivity index (χ4n) is 3.34. The average molecular weight is 313 g/mol. The largest absolute Gasteiger partial charge is 0.327 e. The van der Waals surface area contributed by atoms with Gasteiger partial charge in [-0.2, -0.15) is 0 Å². The Balaban J connectivity index is 1.52. The lowest BCUT2D eigenvalue weighted by Gasteiger charge is -2.15.